The number of anilines is 2. The van der Waals surface area contributed by atoms with Crippen LogP contribution in [-0.4, -0.2) is 31.7 Å². The Kier molecular flexibility index (Phi) is 6.64. The third-order valence-corrected chi connectivity index (χ3v) is 6.52. The van der Waals surface area contributed by atoms with E-state index in [4.69, 9.17) is 4.74 Å². The molecule has 3 aromatic rings. The van der Waals surface area contributed by atoms with Crippen molar-refractivity contribution in [2.45, 2.75) is 18.3 Å². The molecule has 1 aromatic heterocycles. The molecule has 7 heteroatoms. The van der Waals surface area contributed by atoms with Crippen LogP contribution in [0.1, 0.15) is 28.1 Å². The Labute approximate surface area is 185 Å². The zero-order valence-corrected chi connectivity index (χ0v) is 17.9. The van der Waals surface area contributed by atoms with Crippen molar-refractivity contribution in [3.05, 3.63) is 83.2 Å². The van der Waals surface area contributed by atoms with Gasteiger partial charge in [0.1, 0.15) is 0 Å². The molecular weight excluding hydrogens is 410 g/mol. The van der Waals surface area contributed by atoms with Crippen LogP contribution in [0.2, 0.25) is 0 Å². The number of thiophene rings is 1. The maximum Gasteiger partial charge on any atom is 0.324 e. The maximum absolute atomic E-state index is 12.8. The maximum atomic E-state index is 12.8. The fourth-order valence-electron chi connectivity index (χ4n) is 3.78. The van der Waals surface area contributed by atoms with Gasteiger partial charge in [0.05, 0.1) is 9.88 Å². The average Bonchev–Trinajstić information content (AvgIpc) is 3.28. The van der Waals surface area contributed by atoms with Gasteiger partial charge in [0.25, 0.3) is 5.91 Å². The van der Waals surface area contributed by atoms with Crippen LogP contribution in [0.4, 0.5) is 15.5 Å². The predicted octanol–water partition coefficient (Wildman–Crippen LogP) is 4.87. The Morgan fingerprint density at radius 2 is 1.55 bits per heavy atom. The summed E-state index contributed by atoms with van der Waals surface area (Å²) < 4.78 is 5.56. The number of benzene rings is 2. The van der Waals surface area contributed by atoms with Gasteiger partial charge in [0.2, 0.25) is 0 Å². The zero-order valence-electron chi connectivity index (χ0n) is 17.1. The summed E-state index contributed by atoms with van der Waals surface area (Å²) in [6.45, 7) is 1.93. The van der Waals surface area contributed by atoms with Crippen molar-refractivity contribution in [3.8, 4) is 0 Å². The number of para-hydroxylation sites is 1. The van der Waals surface area contributed by atoms with Gasteiger partial charge in [-0.25, -0.2) is 4.79 Å². The average molecular weight is 436 g/mol. The number of rotatable bonds is 6. The van der Waals surface area contributed by atoms with Gasteiger partial charge in [0, 0.05) is 30.9 Å². The van der Waals surface area contributed by atoms with Gasteiger partial charge in [-0.15, -0.1) is 11.3 Å². The minimum Gasteiger partial charge on any atom is -0.381 e. The van der Waals surface area contributed by atoms with Crippen LogP contribution < -0.4 is 16.0 Å². The van der Waals surface area contributed by atoms with Crippen LogP contribution in [0.25, 0.3) is 0 Å². The number of carbonyl (C=O) groups excluding carboxylic acids is 2. The first-order valence-corrected chi connectivity index (χ1v) is 11.1. The topological polar surface area (TPSA) is 79.5 Å². The molecule has 1 fully saturated rings. The number of amides is 3. The summed E-state index contributed by atoms with van der Waals surface area (Å²) in [6.07, 6.45) is 1.74. The highest BCUT2D eigenvalue weighted by Crippen LogP contribution is 2.34. The molecule has 0 saturated carbocycles. The Balaban J connectivity index is 1.36. The molecule has 1 saturated heterocycles. The third kappa shape index (κ3) is 5.31. The molecule has 2 aromatic carbocycles. The van der Waals surface area contributed by atoms with Gasteiger partial charge >= 0.3 is 6.03 Å². The van der Waals surface area contributed by atoms with Gasteiger partial charge in [-0.05, 0) is 42.7 Å². The summed E-state index contributed by atoms with van der Waals surface area (Å²) in [4.78, 5) is 25.5. The van der Waals surface area contributed by atoms with Crippen molar-refractivity contribution in [2.75, 3.05) is 30.4 Å². The highest BCUT2D eigenvalue weighted by Gasteiger charge is 2.34. The Hall–Kier alpha value is -3.16. The molecule has 0 atom stereocenters. The zero-order chi connectivity index (χ0) is 21.5. The van der Waals surface area contributed by atoms with Crippen LogP contribution >= 0.6 is 11.3 Å². The lowest BCUT2D eigenvalue weighted by Crippen LogP contribution is -2.44. The van der Waals surface area contributed by atoms with E-state index >= 15 is 0 Å². The standard InChI is InChI=1S/C24H25N3O3S/c28-22(25-17-24(13-15-30-16-14-24)18-7-3-1-4-8-18)20-11-12-21(31-20)27-23(29)26-19-9-5-2-6-10-19/h1-12H,13-17H2,(H,25,28)(H2,26,27,29). The molecule has 1 aliphatic heterocycles. The highest BCUT2D eigenvalue weighted by atomic mass is 32.1. The highest BCUT2D eigenvalue weighted by molar-refractivity contribution is 7.18. The first kappa shape index (κ1) is 21.1. The molecular formula is C24H25N3O3S. The third-order valence-electron chi connectivity index (χ3n) is 5.52. The lowest BCUT2D eigenvalue weighted by atomic mass is 9.74. The van der Waals surface area contributed by atoms with Crippen molar-refractivity contribution in [1.82, 2.24) is 5.32 Å². The summed E-state index contributed by atoms with van der Waals surface area (Å²) in [5.41, 5.74) is 1.81. The first-order valence-electron chi connectivity index (χ1n) is 10.3. The summed E-state index contributed by atoms with van der Waals surface area (Å²) in [5, 5.41) is 9.26. The van der Waals surface area contributed by atoms with Crippen molar-refractivity contribution in [1.29, 1.82) is 0 Å². The van der Waals surface area contributed by atoms with E-state index in [1.165, 1.54) is 16.9 Å². The molecule has 3 amide bonds. The summed E-state index contributed by atoms with van der Waals surface area (Å²) in [5.74, 6) is -0.136. The second-order valence-corrected chi connectivity index (χ2v) is 8.63. The number of hydrogen-bond acceptors (Lipinski definition) is 4. The molecule has 1 aliphatic rings. The van der Waals surface area contributed by atoms with Crippen LogP contribution in [0.5, 0.6) is 0 Å². The van der Waals surface area contributed by atoms with E-state index in [2.05, 4.69) is 28.1 Å². The Morgan fingerprint density at radius 3 is 2.26 bits per heavy atom. The van der Waals surface area contributed by atoms with Crippen LogP contribution in [-0.2, 0) is 10.2 Å². The smallest absolute Gasteiger partial charge is 0.324 e. The monoisotopic (exact) mass is 435 g/mol. The molecule has 3 N–H and O–H groups in total. The van der Waals surface area contributed by atoms with Gasteiger partial charge in [0.15, 0.2) is 0 Å². The molecule has 6 nitrogen and oxygen atoms in total. The predicted molar refractivity (Wildman–Crippen MR) is 124 cm³/mol. The number of hydrogen-bond donors (Lipinski definition) is 3. The van der Waals surface area contributed by atoms with Crippen molar-refractivity contribution in [3.63, 3.8) is 0 Å². The number of carbonyl (C=O) groups is 2. The number of urea groups is 1. The Bertz CT molecular complexity index is 1010. The molecule has 0 unspecified atom stereocenters. The van der Waals surface area contributed by atoms with Crippen molar-refractivity contribution in [2.24, 2.45) is 0 Å². The number of nitrogens with one attached hydrogen (secondary N) is 3. The summed E-state index contributed by atoms with van der Waals surface area (Å²) in [6, 6.07) is 22.7. The van der Waals surface area contributed by atoms with Gasteiger partial charge in [-0.3, -0.25) is 10.1 Å². The largest absolute Gasteiger partial charge is 0.381 e. The van der Waals surface area contributed by atoms with E-state index in [0.717, 1.165) is 12.8 Å². The van der Waals surface area contributed by atoms with Crippen LogP contribution in [0.15, 0.2) is 72.8 Å². The van der Waals surface area contributed by atoms with E-state index in [1.54, 1.807) is 12.1 Å². The molecule has 0 radical (unpaired) electrons. The fourth-order valence-corrected chi connectivity index (χ4v) is 4.60. The first-order chi connectivity index (χ1) is 15.1. The van der Waals surface area contributed by atoms with Crippen molar-refractivity contribution < 1.29 is 14.3 Å². The second kappa shape index (κ2) is 9.76. The molecule has 4 rings (SSSR count). The van der Waals surface area contributed by atoms with Crippen molar-refractivity contribution >= 4 is 34.0 Å². The molecule has 0 spiro atoms. The molecule has 2 heterocycles. The quantitative estimate of drug-likeness (QED) is 0.517. The van der Waals surface area contributed by atoms with E-state index in [1.807, 2.05) is 48.5 Å². The second-order valence-electron chi connectivity index (χ2n) is 7.55. The molecule has 160 valence electrons. The minimum atomic E-state index is -0.342. The van der Waals surface area contributed by atoms with Gasteiger partial charge in [-0.1, -0.05) is 48.5 Å². The lowest BCUT2D eigenvalue weighted by Gasteiger charge is -2.37. The fraction of sp³-hybridized carbons (Fsp3) is 0.250. The van der Waals surface area contributed by atoms with Gasteiger partial charge < -0.3 is 15.4 Å². The molecule has 0 aliphatic carbocycles. The van der Waals surface area contributed by atoms with Crippen LogP contribution in [0, 0.1) is 0 Å². The van der Waals surface area contributed by atoms with E-state index in [0.29, 0.717) is 35.3 Å². The molecule has 0 bridgehead atoms. The van der Waals surface area contributed by atoms with Crippen LogP contribution in [0.3, 0.4) is 0 Å². The lowest BCUT2D eigenvalue weighted by molar-refractivity contribution is 0.0487. The summed E-state index contributed by atoms with van der Waals surface area (Å²) in [7, 11) is 0. The molecule has 31 heavy (non-hydrogen) atoms. The summed E-state index contributed by atoms with van der Waals surface area (Å²) >= 11 is 1.25. The number of ether oxygens (including phenoxy) is 1. The van der Waals surface area contributed by atoms with Gasteiger partial charge in [-0.2, -0.15) is 0 Å². The normalized spacial score (nSPS) is 15.1. The SMILES string of the molecule is O=C(Nc1ccccc1)Nc1ccc(C(=O)NCC2(c3ccccc3)CCOCC2)s1. The Morgan fingerprint density at radius 1 is 0.871 bits per heavy atom. The van der Waals surface area contributed by atoms with E-state index < -0.39 is 0 Å². The van der Waals surface area contributed by atoms with E-state index in [-0.39, 0.29) is 17.4 Å². The minimum absolute atomic E-state index is 0.122. The van der Waals surface area contributed by atoms with E-state index in [9.17, 15) is 9.59 Å².